The molecule has 1 heterocycles. The normalized spacial score (nSPS) is 16.4. The molecule has 4 atom stereocenters. The molecule has 10 nitrogen and oxygen atoms in total. The third kappa shape index (κ3) is 6.53. The second-order valence-electron chi connectivity index (χ2n) is 10.8. The molecule has 1 aliphatic rings. The number of hydrogen-bond acceptors (Lipinski definition) is 6. The lowest BCUT2D eigenvalue weighted by Gasteiger charge is -2.33. The molecule has 4 amide bonds. The predicted octanol–water partition coefficient (Wildman–Crippen LogP) is 3.56. The zero-order valence-electron chi connectivity index (χ0n) is 22.7. The number of anilines is 1. The van der Waals surface area contributed by atoms with Gasteiger partial charge in [0.25, 0.3) is 11.8 Å². The van der Waals surface area contributed by atoms with E-state index in [9.17, 15) is 28.6 Å². The molecule has 0 aromatic heterocycles. The first-order valence-electron chi connectivity index (χ1n) is 12.9. The quantitative estimate of drug-likeness (QED) is 0.169. The zero-order valence-corrected chi connectivity index (χ0v) is 25.3. The highest BCUT2D eigenvalue weighted by molar-refractivity contribution is 9.10. The van der Waals surface area contributed by atoms with Crippen molar-refractivity contribution in [1.29, 1.82) is 0 Å². The molecule has 0 radical (unpaired) electrons. The number of halogens is 1. The van der Waals surface area contributed by atoms with Crippen LogP contribution in [0.15, 0.2) is 28.7 Å². The summed E-state index contributed by atoms with van der Waals surface area (Å²) in [6.07, 6.45) is 0.598. The number of imide groups is 1. The van der Waals surface area contributed by atoms with Gasteiger partial charge in [-0.2, -0.15) is 0 Å². The van der Waals surface area contributed by atoms with Crippen LogP contribution in [0.3, 0.4) is 0 Å². The lowest BCUT2D eigenvalue weighted by atomic mass is 9.90. The van der Waals surface area contributed by atoms with Crippen molar-refractivity contribution in [3.05, 3.63) is 39.9 Å². The third-order valence-corrected chi connectivity index (χ3v) is 8.81. The van der Waals surface area contributed by atoms with E-state index in [1.807, 2.05) is 27.7 Å². The summed E-state index contributed by atoms with van der Waals surface area (Å²) in [5, 5.41) is 6.27. The van der Waals surface area contributed by atoms with Gasteiger partial charge in [-0.3, -0.25) is 28.6 Å². The summed E-state index contributed by atoms with van der Waals surface area (Å²) in [5.41, 5.74) is 5.84. The Balaban J connectivity index is 2.00. The first kappa shape index (κ1) is 30.8. The highest BCUT2D eigenvalue weighted by Gasteiger charge is 2.41. The fourth-order valence-electron chi connectivity index (χ4n) is 5.06. The number of hydrogen-bond donors (Lipinski definition) is 4. The Hall–Kier alpha value is -2.75. The molecule has 0 bridgehead atoms. The molecule has 2 aromatic rings. The van der Waals surface area contributed by atoms with Gasteiger partial charge in [0.05, 0.1) is 17.3 Å². The molecule has 3 rings (SSSR count). The van der Waals surface area contributed by atoms with Crippen molar-refractivity contribution in [2.24, 2.45) is 17.8 Å². The molecule has 0 saturated carbocycles. The van der Waals surface area contributed by atoms with Crippen LogP contribution in [-0.4, -0.2) is 58.7 Å². The number of nitrogens with zero attached hydrogens (tertiary/aromatic N) is 1. The van der Waals surface area contributed by atoms with E-state index in [2.05, 4.69) is 26.6 Å². The van der Waals surface area contributed by atoms with Crippen LogP contribution >= 0.6 is 24.0 Å². The maximum absolute atomic E-state index is 13.6. The molecule has 0 saturated heterocycles. The minimum atomic E-state index is -3.42. The van der Waals surface area contributed by atoms with Crippen LogP contribution in [0.4, 0.5) is 5.69 Å². The Labute approximate surface area is 237 Å². The van der Waals surface area contributed by atoms with Gasteiger partial charge in [0.2, 0.25) is 11.8 Å². The van der Waals surface area contributed by atoms with E-state index in [4.69, 9.17) is 5.73 Å². The van der Waals surface area contributed by atoms with E-state index in [0.29, 0.717) is 27.4 Å². The third-order valence-electron chi connectivity index (χ3n) is 6.93. The molecular formula is C27H36BrN4O6P. The standard InChI is InChI=1S/C27H36BrN4O6P/c1-13(2)9-17(24(33)31-20(10-14(3)4)25(34)30-5)21(39(37)38)12-32-26(35)16-8-6-7-15-22(16)18(27(32)36)11-19(28)23(15)29/h6-8,11,13-14,17,20-21,39H,9-10,12,29H2,1-5H3,(H,30,34)(H,31,33)(H,37,38)/t17?,20-,21?/m0/s1. The number of carbonyl (C=O) groups is 4. The number of nitrogens with one attached hydrogen (secondary N) is 2. The fourth-order valence-corrected chi connectivity index (χ4v) is 6.47. The predicted molar refractivity (Wildman–Crippen MR) is 155 cm³/mol. The molecule has 0 aliphatic carbocycles. The molecular weight excluding hydrogens is 587 g/mol. The monoisotopic (exact) mass is 622 g/mol. The van der Waals surface area contributed by atoms with Gasteiger partial charge < -0.3 is 21.3 Å². The van der Waals surface area contributed by atoms with E-state index in [0.717, 1.165) is 4.90 Å². The average Bonchev–Trinajstić information content (AvgIpc) is 2.87. The Morgan fingerprint density at radius 2 is 1.67 bits per heavy atom. The number of likely N-dealkylation sites (N-methyl/N-ethyl adjacent to an activating group) is 1. The number of nitrogen functional groups attached to an aromatic ring is 1. The maximum atomic E-state index is 13.6. The summed E-state index contributed by atoms with van der Waals surface area (Å²) in [5.74, 6) is -3.16. The van der Waals surface area contributed by atoms with Gasteiger partial charge in [-0.25, -0.2) is 0 Å². The number of benzene rings is 2. The fraction of sp³-hybridized carbons (Fsp3) is 0.481. The van der Waals surface area contributed by atoms with Crippen molar-refractivity contribution in [3.8, 4) is 0 Å². The average molecular weight is 623 g/mol. The Morgan fingerprint density at radius 3 is 2.23 bits per heavy atom. The Morgan fingerprint density at radius 1 is 1.05 bits per heavy atom. The highest BCUT2D eigenvalue weighted by atomic mass is 79.9. The van der Waals surface area contributed by atoms with Crippen LogP contribution in [-0.2, 0) is 14.2 Å². The Bertz CT molecular complexity index is 1330. The van der Waals surface area contributed by atoms with Gasteiger partial charge in [-0.05, 0) is 52.7 Å². The minimum absolute atomic E-state index is 0.0469. The lowest BCUT2D eigenvalue weighted by Crippen LogP contribution is -2.52. The van der Waals surface area contributed by atoms with E-state index in [1.54, 1.807) is 18.2 Å². The maximum Gasteiger partial charge on any atom is 0.261 e. The van der Waals surface area contributed by atoms with Crippen molar-refractivity contribution >= 4 is 64.0 Å². The molecule has 0 fully saturated rings. The minimum Gasteiger partial charge on any atom is -0.397 e. The first-order valence-corrected chi connectivity index (χ1v) is 15.1. The van der Waals surface area contributed by atoms with Crippen molar-refractivity contribution in [3.63, 3.8) is 0 Å². The number of rotatable bonds is 11. The summed E-state index contributed by atoms with van der Waals surface area (Å²) in [4.78, 5) is 64.5. The van der Waals surface area contributed by atoms with Crippen molar-refractivity contribution in [2.75, 3.05) is 19.3 Å². The molecule has 3 unspecified atom stereocenters. The second-order valence-corrected chi connectivity index (χ2v) is 13.0. The summed E-state index contributed by atoms with van der Waals surface area (Å²) in [6.45, 7) is 7.14. The first-order chi connectivity index (χ1) is 18.3. The smallest absolute Gasteiger partial charge is 0.261 e. The van der Waals surface area contributed by atoms with Crippen molar-refractivity contribution in [1.82, 2.24) is 15.5 Å². The number of amides is 4. The molecule has 212 valence electrons. The molecule has 0 spiro atoms. The summed E-state index contributed by atoms with van der Waals surface area (Å²) in [6, 6.07) is 5.67. The van der Waals surface area contributed by atoms with Crippen LogP contribution in [0.1, 0.15) is 61.3 Å². The van der Waals surface area contributed by atoms with E-state index in [-0.39, 0.29) is 35.3 Å². The summed E-state index contributed by atoms with van der Waals surface area (Å²) < 4.78 is 13.2. The van der Waals surface area contributed by atoms with Gasteiger partial charge in [0.15, 0.2) is 8.03 Å². The van der Waals surface area contributed by atoms with Crippen molar-refractivity contribution < 1.29 is 28.6 Å². The van der Waals surface area contributed by atoms with Gasteiger partial charge in [-0.1, -0.05) is 39.8 Å². The number of carbonyl (C=O) groups excluding carboxylic acids is 4. The summed E-state index contributed by atoms with van der Waals surface area (Å²) >= 11 is 3.37. The van der Waals surface area contributed by atoms with Crippen molar-refractivity contribution in [2.45, 2.75) is 52.2 Å². The molecule has 2 aromatic carbocycles. The van der Waals surface area contributed by atoms with E-state index in [1.165, 1.54) is 13.1 Å². The SMILES string of the molecule is CNC(=O)[C@H](CC(C)C)NC(=O)C(CC(C)C)C(CN1C(=O)c2cccc3c(N)c(Br)cc(c23)C1=O)[PH](=O)O. The van der Waals surface area contributed by atoms with Crippen LogP contribution in [0.5, 0.6) is 0 Å². The Kier molecular flexibility index (Phi) is 9.96. The second kappa shape index (κ2) is 12.6. The van der Waals surface area contributed by atoms with Crippen LogP contribution in [0, 0.1) is 17.8 Å². The zero-order chi connectivity index (χ0) is 29.2. The van der Waals surface area contributed by atoms with Crippen LogP contribution < -0.4 is 16.4 Å². The lowest BCUT2D eigenvalue weighted by molar-refractivity contribution is -0.131. The van der Waals surface area contributed by atoms with Gasteiger partial charge in [0.1, 0.15) is 6.04 Å². The van der Waals surface area contributed by atoms with E-state index < -0.39 is 49.9 Å². The molecule has 12 heteroatoms. The highest BCUT2D eigenvalue weighted by Crippen LogP contribution is 2.40. The summed E-state index contributed by atoms with van der Waals surface area (Å²) in [7, 11) is -1.95. The largest absolute Gasteiger partial charge is 0.397 e. The van der Waals surface area contributed by atoms with Gasteiger partial charge in [0, 0.05) is 40.0 Å². The van der Waals surface area contributed by atoms with Crippen LogP contribution in [0.25, 0.3) is 10.8 Å². The topological polar surface area (TPSA) is 159 Å². The molecule has 39 heavy (non-hydrogen) atoms. The van der Waals surface area contributed by atoms with Gasteiger partial charge in [-0.15, -0.1) is 0 Å². The molecule has 5 N–H and O–H groups in total. The number of nitrogens with two attached hydrogens (primary N) is 1. The van der Waals surface area contributed by atoms with Crippen LogP contribution in [0.2, 0.25) is 0 Å². The van der Waals surface area contributed by atoms with Gasteiger partial charge >= 0.3 is 0 Å². The molecule has 1 aliphatic heterocycles. The van der Waals surface area contributed by atoms with E-state index >= 15 is 0 Å².